The van der Waals surface area contributed by atoms with Gasteiger partial charge in [-0.3, -0.25) is 19.3 Å². The number of thioether (sulfide) groups is 1. The molecule has 1 fully saturated rings. The number of halogens is 2. The third kappa shape index (κ3) is 5.08. The van der Waals surface area contributed by atoms with Crippen LogP contribution in [0.2, 0.25) is 0 Å². The molecule has 0 radical (unpaired) electrons. The Labute approximate surface area is 174 Å². The fraction of sp³-hybridized carbons (Fsp3) is 0.150. The van der Waals surface area contributed by atoms with Crippen LogP contribution in [0.1, 0.15) is 11.1 Å². The summed E-state index contributed by atoms with van der Waals surface area (Å²) in [5.74, 6) is -1.15. The molecule has 0 unspecified atom stereocenters. The zero-order valence-corrected chi connectivity index (χ0v) is 17.1. The highest BCUT2D eigenvalue weighted by Crippen LogP contribution is 2.32. The Morgan fingerprint density at radius 2 is 1.86 bits per heavy atom. The third-order valence-electron chi connectivity index (χ3n) is 4.00. The van der Waals surface area contributed by atoms with Crippen LogP contribution in [0, 0.1) is 5.82 Å². The Balaban J connectivity index is 1.54. The zero-order valence-electron chi connectivity index (χ0n) is 14.7. The molecule has 0 spiro atoms. The molecule has 0 aromatic heterocycles. The first kappa shape index (κ1) is 20.3. The van der Waals surface area contributed by atoms with Crippen LogP contribution in [0.3, 0.4) is 0 Å². The largest absolute Gasteiger partial charge is 0.354 e. The molecule has 3 rings (SSSR count). The van der Waals surface area contributed by atoms with Gasteiger partial charge in [-0.05, 0) is 41.6 Å². The van der Waals surface area contributed by atoms with Crippen molar-refractivity contribution in [2.75, 3.05) is 13.1 Å². The van der Waals surface area contributed by atoms with E-state index in [0.717, 1.165) is 26.7 Å². The zero-order chi connectivity index (χ0) is 20.1. The molecule has 0 atom stereocenters. The highest BCUT2D eigenvalue weighted by Gasteiger charge is 2.34. The van der Waals surface area contributed by atoms with Gasteiger partial charge in [0.2, 0.25) is 5.91 Å². The first-order valence-corrected chi connectivity index (χ1v) is 10.1. The van der Waals surface area contributed by atoms with Gasteiger partial charge >= 0.3 is 0 Å². The summed E-state index contributed by atoms with van der Waals surface area (Å²) in [6.45, 7) is 0.214. The Kier molecular flexibility index (Phi) is 6.64. The highest BCUT2D eigenvalue weighted by atomic mass is 79.9. The summed E-state index contributed by atoms with van der Waals surface area (Å²) in [5, 5.41) is 2.27. The average molecular weight is 463 g/mol. The second-order valence-corrected chi connectivity index (χ2v) is 7.92. The topological polar surface area (TPSA) is 66.5 Å². The molecule has 0 saturated carbocycles. The van der Waals surface area contributed by atoms with Crippen LogP contribution in [0.25, 0.3) is 6.08 Å². The number of imide groups is 1. The molecular formula is C20H16BrFN2O3S. The van der Waals surface area contributed by atoms with Gasteiger partial charge in [0.25, 0.3) is 11.1 Å². The number of benzene rings is 2. The molecule has 0 aliphatic carbocycles. The number of hydrogen-bond donors (Lipinski definition) is 1. The predicted octanol–water partition coefficient (Wildman–Crippen LogP) is 3.98. The second kappa shape index (κ2) is 9.16. The fourth-order valence-corrected chi connectivity index (χ4v) is 3.70. The van der Waals surface area contributed by atoms with E-state index in [9.17, 15) is 18.8 Å². The molecule has 2 aromatic carbocycles. The van der Waals surface area contributed by atoms with Crippen molar-refractivity contribution in [1.82, 2.24) is 10.2 Å². The van der Waals surface area contributed by atoms with Gasteiger partial charge < -0.3 is 5.32 Å². The number of nitrogens with zero attached hydrogens (tertiary/aromatic N) is 1. The maximum absolute atomic E-state index is 13.7. The lowest BCUT2D eigenvalue weighted by Gasteiger charge is -2.13. The molecule has 3 amide bonds. The molecule has 2 aromatic rings. The molecule has 1 heterocycles. The number of rotatable bonds is 6. The van der Waals surface area contributed by atoms with Gasteiger partial charge in [0.1, 0.15) is 5.82 Å². The molecule has 0 bridgehead atoms. The van der Waals surface area contributed by atoms with Gasteiger partial charge in [-0.2, -0.15) is 0 Å². The van der Waals surface area contributed by atoms with Crippen LogP contribution in [0.5, 0.6) is 0 Å². The van der Waals surface area contributed by atoms with Crippen molar-refractivity contribution in [3.63, 3.8) is 0 Å². The van der Waals surface area contributed by atoms with E-state index in [1.54, 1.807) is 12.1 Å². The quantitative estimate of drug-likeness (QED) is 0.659. The molecular weight excluding hydrogens is 447 g/mol. The lowest BCUT2D eigenvalue weighted by Crippen LogP contribution is -2.37. The van der Waals surface area contributed by atoms with Crippen molar-refractivity contribution in [2.24, 2.45) is 0 Å². The van der Waals surface area contributed by atoms with Gasteiger partial charge in [0.15, 0.2) is 0 Å². The van der Waals surface area contributed by atoms with Crippen molar-refractivity contribution in [2.45, 2.75) is 6.42 Å². The summed E-state index contributed by atoms with van der Waals surface area (Å²) < 4.78 is 14.7. The SMILES string of the molecule is O=C(Cc1ccc(Br)cc1)NCCN1C(=O)SC(=Cc2ccccc2F)C1=O. The van der Waals surface area contributed by atoms with E-state index in [1.807, 2.05) is 24.3 Å². The van der Waals surface area contributed by atoms with Crippen molar-refractivity contribution in [3.05, 3.63) is 74.9 Å². The summed E-state index contributed by atoms with van der Waals surface area (Å²) in [5.41, 5.74) is 1.11. The molecule has 5 nitrogen and oxygen atoms in total. The minimum Gasteiger partial charge on any atom is -0.354 e. The molecule has 1 aliphatic heterocycles. The first-order valence-electron chi connectivity index (χ1n) is 8.45. The van der Waals surface area contributed by atoms with E-state index < -0.39 is 17.0 Å². The Hall–Kier alpha value is -2.45. The number of hydrogen-bond acceptors (Lipinski definition) is 4. The van der Waals surface area contributed by atoms with E-state index in [1.165, 1.54) is 18.2 Å². The van der Waals surface area contributed by atoms with Gasteiger partial charge in [-0.15, -0.1) is 0 Å². The minimum absolute atomic E-state index is 0.0609. The van der Waals surface area contributed by atoms with Crippen LogP contribution >= 0.6 is 27.7 Å². The van der Waals surface area contributed by atoms with E-state index in [0.29, 0.717) is 0 Å². The van der Waals surface area contributed by atoms with E-state index in [2.05, 4.69) is 21.2 Å². The molecule has 8 heteroatoms. The van der Waals surface area contributed by atoms with Gasteiger partial charge in [-0.1, -0.05) is 46.3 Å². The average Bonchev–Trinajstić information content (AvgIpc) is 2.93. The van der Waals surface area contributed by atoms with Gasteiger partial charge in [0, 0.05) is 23.1 Å². The van der Waals surface area contributed by atoms with Crippen LogP contribution in [-0.4, -0.2) is 35.0 Å². The molecule has 1 saturated heterocycles. The van der Waals surface area contributed by atoms with Crippen LogP contribution in [-0.2, 0) is 16.0 Å². The lowest BCUT2D eigenvalue weighted by atomic mass is 10.1. The Morgan fingerprint density at radius 1 is 1.14 bits per heavy atom. The monoisotopic (exact) mass is 462 g/mol. The van der Waals surface area contributed by atoms with Crippen molar-refractivity contribution in [3.8, 4) is 0 Å². The summed E-state index contributed by atoms with van der Waals surface area (Å²) in [4.78, 5) is 37.7. The number of carbonyl (C=O) groups excluding carboxylic acids is 3. The van der Waals surface area contributed by atoms with Crippen molar-refractivity contribution < 1.29 is 18.8 Å². The highest BCUT2D eigenvalue weighted by molar-refractivity contribution is 9.10. The standard InChI is InChI=1S/C20H16BrFN2O3S/c21-15-7-5-13(6-8-15)11-18(25)23-9-10-24-19(26)17(28-20(24)27)12-14-3-1-2-4-16(14)22/h1-8,12H,9-11H2,(H,23,25). The minimum atomic E-state index is -0.486. The molecule has 1 aliphatic rings. The van der Waals surface area contributed by atoms with Crippen LogP contribution in [0.15, 0.2) is 57.9 Å². The second-order valence-electron chi connectivity index (χ2n) is 6.01. The molecule has 1 N–H and O–H groups in total. The normalized spacial score (nSPS) is 15.4. The predicted molar refractivity (Wildman–Crippen MR) is 110 cm³/mol. The van der Waals surface area contributed by atoms with E-state index in [-0.39, 0.29) is 35.9 Å². The first-order chi connectivity index (χ1) is 13.4. The fourth-order valence-electron chi connectivity index (χ4n) is 2.58. The summed E-state index contributed by atoms with van der Waals surface area (Å²) in [7, 11) is 0. The van der Waals surface area contributed by atoms with Crippen LogP contribution < -0.4 is 5.32 Å². The summed E-state index contributed by atoms with van der Waals surface area (Å²) in [6, 6.07) is 13.4. The Morgan fingerprint density at radius 3 is 2.57 bits per heavy atom. The molecule has 144 valence electrons. The summed E-state index contributed by atoms with van der Waals surface area (Å²) in [6.07, 6.45) is 1.58. The van der Waals surface area contributed by atoms with Crippen LogP contribution in [0.4, 0.5) is 9.18 Å². The van der Waals surface area contributed by atoms with Gasteiger partial charge in [0.05, 0.1) is 11.3 Å². The molecule has 28 heavy (non-hydrogen) atoms. The lowest BCUT2D eigenvalue weighted by molar-refractivity contribution is -0.124. The maximum atomic E-state index is 13.7. The Bertz CT molecular complexity index is 947. The third-order valence-corrected chi connectivity index (χ3v) is 5.44. The van der Waals surface area contributed by atoms with E-state index >= 15 is 0 Å². The maximum Gasteiger partial charge on any atom is 0.293 e. The van der Waals surface area contributed by atoms with Gasteiger partial charge in [-0.25, -0.2) is 4.39 Å². The number of amides is 3. The van der Waals surface area contributed by atoms with E-state index in [4.69, 9.17) is 0 Å². The smallest absolute Gasteiger partial charge is 0.293 e. The number of carbonyl (C=O) groups is 3. The summed E-state index contributed by atoms with van der Waals surface area (Å²) >= 11 is 4.10. The van der Waals surface area contributed by atoms with Crippen molar-refractivity contribution in [1.29, 1.82) is 0 Å². The van der Waals surface area contributed by atoms with Crippen molar-refractivity contribution >= 4 is 50.8 Å². The number of nitrogens with one attached hydrogen (secondary N) is 1.